The highest BCUT2D eigenvalue weighted by molar-refractivity contribution is 5.78. The number of benzene rings is 1. The van der Waals surface area contributed by atoms with Crippen molar-refractivity contribution in [2.24, 2.45) is 5.92 Å². The van der Waals surface area contributed by atoms with Crippen molar-refractivity contribution in [3.05, 3.63) is 35.9 Å². The Kier molecular flexibility index (Phi) is 6.53. The predicted molar refractivity (Wildman–Crippen MR) is 76.7 cm³/mol. The molecule has 0 aliphatic heterocycles. The van der Waals surface area contributed by atoms with Gasteiger partial charge in [0.05, 0.1) is 12.6 Å². The molecule has 0 bridgehead atoms. The summed E-state index contributed by atoms with van der Waals surface area (Å²) in [4.78, 5) is 11.6. The van der Waals surface area contributed by atoms with Gasteiger partial charge in [-0.15, -0.1) is 0 Å². The normalized spacial score (nSPS) is 14.2. The van der Waals surface area contributed by atoms with Gasteiger partial charge in [0.25, 0.3) is 0 Å². The number of aliphatic hydroxyl groups excluding tert-OH is 1. The highest BCUT2D eigenvalue weighted by atomic mass is 16.3. The van der Waals surface area contributed by atoms with Gasteiger partial charge in [0.1, 0.15) is 0 Å². The van der Waals surface area contributed by atoms with Crippen LogP contribution in [0.3, 0.4) is 0 Å². The largest absolute Gasteiger partial charge is 0.387 e. The fourth-order valence-electron chi connectivity index (χ4n) is 1.59. The molecule has 0 heterocycles. The fourth-order valence-corrected chi connectivity index (χ4v) is 1.59. The van der Waals surface area contributed by atoms with Gasteiger partial charge in [-0.1, -0.05) is 44.2 Å². The van der Waals surface area contributed by atoms with Crippen LogP contribution in [-0.2, 0) is 4.79 Å². The standard InChI is InChI=1S/C15H24N2O2/c1-11(2)12(3)17-15(19)10-16-9-14(18)13-7-5-4-6-8-13/h4-8,11-12,14,16,18H,9-10H2,1-3H3,(H,17,19). The van der Waals surface area contributed by atoms with Crippen molar-refractivity contribution in [1.82, 2.24) is 10.6 Å². The van der Waals surface area contributed by atoms with E-state index in [0.717, 1.165) is 5.56 Å². The molecule has 19 heavy (non-hydrogen) atoms. The van der Waals surface area contributed by atoms with E-state index >= 15 is 0 Å². The Bertz CT molecular complexity index is 379. The predicted octanol–water partition coefficient (Wildman–Crippen LogP) is 1.47. The maximum atomic E-state index is 11.6. The van der Waals surface area contributed by atoms with Crippen LogP contribution in [0.15, 0.2) is 30.3 Å². The van der Waals surface area contributed by atoms with E-state index in [1.165, 1.54) is 0 Å². The van der Waals surface area contributed by atoms with Crippen LogP contribution >= 0.6 is 0 Å². The summed E-state index contributed by atoms with van der Waals surface area (Å²) in [6, 6.07) is 9.57. The number of hydrogen-bond acceptors (Lipinski definition) is 3. The van der Waals surface area contributed by atoms with Gasteiger partial charge in [0.15, 0.2) is 0 Å². The first-order valence-electron chi connectivity index (χ1n) is 6.73. The number of amides is 1. The van der Waals surface area contributed by atoms with Crippen molar-refractivity contribution in [3.8, 4) is 0 Å². The maximum absolute atomic E-state index is 11.6. The Labute approximate surface area is 115 Å². The summed E-state index contributed by atoms with van der Waals surface area (Å²) < 4.78 is 0. The minimum atomic E-state index is -0.587. The van der Waals surface area contributed by atoms with Crippen molar-refractivity contribution in [2.75, 3.05) is 13.1 Å². The van der Waals surface area contributed by atoms with Crippen molar-refractivity contribution in [1.29, 1.82) is 0 Å². The van der Waals surface area contributed by atoms with E-state index in [0.29, 0.717) is 12.5 Å². The molecule has 4 nitrogen and oxygen atoms in total. The maximum Gasteiger partial charge on any atom is 0.234 e. The van der Waals surface area contributed by atoms with Crippen LogP contribution in [0, 0.1) is 5.92 Å². The number of carbonyl (C=O) groups excluding carboxylic acids is 1. The Morgan fingerprint density at radius 1 is 1.21 bits per heavy atom. The molecule has 0 saturated carbocycles. The third-order valence-corrected chi connectivity index (χ3v) is 3.20. The lowest BCUT2D eigenvalue weighted by atomic mass is 10.1. The molecule has 1 amide bonds. The molecule has 0 fully saturated rings. The van der Waals surface area contributed by atoms with E-state index in [9.17, 15) is 9.90 Å². The molecule has 4 heteroatoms. The van der Waals surface area contributed by atoms with Crippen molar-refractivity contribution in [2.45, 2.75) is 32.9 Å². The lowest BCUT2D eigenvalue weighted by Crippen LogP contribution is -2.42. The van der Waals surface area contributed by atoms with Crippen molar-refractivity contribution in [3.63, 3.8) is 0 Å². The zero-order chi connectivity index (χ0) is 14.3. The number of rotatable bonds is 7. The minimum Gasteiger partial charge on any atom is -0.387 e. The van der Waals surface area contributed by atoms with E-state index in [1.807, 2.05) is 37.3 Å². The molecule has 0 radical (unpaired) electrons. The monoisotopic (exact) mass is 264 g/mol. The van der Waals surface area contributed by atoms with Crippen LogP contribution in [-0.4, -0.2) is 30.1 Å². The number of hydrogen-bond donors (Lipinski definition) is 3. The molecule has 0 aromatic heterocycles. The molecular formula is C15H24N2O2. The molecule has 106 valence electrons. The van der Waals surface area contributed by atoms with Crippen LogP contribution in [0.2, 0.25) is 0 Å². The van der Waals surface area contributed by atoms with Crippen LogP contribution in [0.25, 0.3) is 0 Å². The first-order chi connectivity index (χ1) is 9.00. The van der Waals surface area contributed by atoms with Gasteiger partial charge in [0.2, 0.25) is 5.91 Å². The topological polar surface area (TPSA) is 61.4 Å². The molecule has 2 atom stereocenters. The van der Waals surface area contributed by atoms with Crippen LogP contribution < -0.4 is 10.6 Å². The number of nitrogens with one attached hydrogen (secondary N) is 2. The summed E-state index contributed by atoms with van der Waals surface area (Å²) in [6.07, 6.45) is -0.587. The van der Waals surface area contributed by atoms with E-state index in [1.54, 1.807) is 0 Å². The van der Waals surface area contributed by atoms with Crippen molar-refractivity contribution < 1.29 is 9.90 Å². The summed E-state index contributed by atoms with van der Waals surface area (Å²) in [6.45, 7) is 6.71. The zero-order valence-electron chi connectivity index (χ0n) is 11.9. The van der Waals surface area contributed by atoms with Gasteiger partial charge in [0, 0.05) is 12.6 Å². The van der Waals surface area contributed by atoms with Crippen LogP contribution in [0.4, 0.5) is 0 Å². The SMILES string of the molecule is CC(C)C(C)NC(=O)CNCC(O)c1ccccc1. The molecule has 1 rings (SSSR count). The summed E-state index contributed by atoms with van der Waals surface area (Å²) >= 11 is 0. The van der Waals surface area contributed by atoms with E-state index < -0.39 is 6.10 Å². The molecule has 1 aromatic rings. The van der Waals surface area contributed by atoms with Crippen LogP contribution in [0.5, 0.6) is 0 Å². The molecular weight excluding hydrogens is 240 g/mol. The molecule has 2 unspecified atom stereocenters. The second-order valence-electron chi connectivity index (χ2n) is 5.16. The lowest BCUT2D eigenvalue weighted by Gasteiger charge is -2.18. The summed E-state index contributed by atoms with van der Waals surface area (Å²) in [5, 5.41) is 15.8. The highest BCUT2D eigenvalue weighted by Gasteiger charge is 2.11. The zero-order valence-corrected chi connectivity index (χ0v) is 11.9. The summed E-state index contributed by atoms with van der Waals surface area (Å²) in [5.41, 5.74) is 0.853. The van der Waals surface area contributed by atoms with E-state index in [2.05, 4.69) is 24.5 Å². The third-order valence-electron chi connectivity index (χ3n) is 3.20. The fraction of sp³-hybridized carbons (Fsp3) is 0.533. The summed E-state index contributed by atoms with van der Waals surface area (Å²) in [7, 11) is 0. The first-order valence-corrected chi connectivity index (χ1v) is 6.73. The molecule has 1 aromatic carbocycles. The highest BCUT2D eigenvalue weighted by Crippen LogP contribution is 2.10. The molecule has 0 aliphatic rings. The van der Waals surface area contributed by atoms with Gasteiger partial charge in [-0.3, -0.25) is 4.79 Å². The van der Waals surface area contributed by atoms with E-state index in [4.69, 9.17) is 0 Å². The Balaban J connectivity index is 2.25. The first kappa shape index (κ1) is 15.7. The van der Waals surface area contributed by atoms with Gasteiger partial charge in [-0.25, -0.2) is 0 Å². The second kappa shape index (κ2) is 7.92. The van der Waals surface area contributed by atoms with E-state index in [-0.39, 0.29) is 18.5 Å². The Morgan fingerprint density at radius 2 is 1.84 bits per heavy atom. The molecule has 0 spiro atoms. The number of aliphatic hydroxyl groups is 1. The molecule has 3 N–H and O–H groups in total. The smallest absolute Gasteiger partial charge is 0.234 e. The van der Waals surface area contributed by atoms with Gasteiger partial charge >= 0.3 is 0 Å². The molecule has 0 aliphatic carbocycles. The van der Waals surface area contributed by atoms with Gasteiger partial charge in [-0.05, 0) is 18.4 Å². The number of carbonyl (C=O) groups is 1. The summed E-state index contributed by atoms with van der Waals surface area (Å²) in [5.74, 6) is 0.375. The quantitative estimate of drug-likeness (QED) is 0.699. The average molecular weight is 264 g/mol. The van der Waals surface area contributed by atoms with Gasteiger partial charge in [-0.2, -0.15) is 0 Å². The van der Waals surface area contributed by atoms with Crippen LogP contribution in [0.1, 0.15) is 32.4 Å². The average Bonchev–Trinajstić information content (AvgIpc) is 2.39. The molecule has 0 saturated heterocycles. The van der Waals surface area contributed by atoms with Crippen molar-refractivity contribution >= 4 is 5.91 Å². The lowest BCUT2D eigenvalue weighted by molar-refractivity contribution is -0.121. The third kappa shape index (κ3) is 5.85. The van der Waals surface area contributed by atoms with Gasteiger partial charge < -0.3 is 15.7 Å². The Morgan fingerprint density at radius 3 is 2.42 bits per heavy atom. The minimum absolute atomic E-state index is 0.0403. The second-order valence-corrected chi connectivity index (χ2v) is 5.16. The Hall–Kier alpha value is -1.39.